The summed E-state index contributed by atoms with van der Waals surface area (Å²) in [5.41, 5.74) is -0.0155. The minimum atomic E-state index is -1.23. The summed E-state index contributed by atoms with van der Waals surface area (Å²) in [7, 11) is -1.23. The van der Waals surface area contributed by atoms with Crippen molar-refractivity contribution in [3.05, 3.63) is 59.1 Å². The Morgan fingerprint density at radius 1 is 1.19 bits per heavy atom. The van der Waals surface area contributed by atoms with Gasteiger partial charge in [-0.1, -0.05) is 29.8 Å². The SMILES string of the molecule is O=C(O)c1cc(S(=O)CCSc2ccccc2)ccc1Cl. The lowest BCUT2D eigenvalue weighted by Gasteiger charge is -2.05. The van der Waals surface area contributed by atoms with Gasteiger partial charge in [-0.25, -0.2) is 4.79 Å². The first-order valence-corrected chi connectivity index (χ1v) is 8.85. The summed E-state index contributed by atoms with van der Waals surface area (Å²) in [6, 6.07) is 14.3. The molecule has 1 atom stereocenters. The number of halogens is 1. The Hall–Kier alpha value is -1.30. The number of carboxylic acids is 1. The number of carbonyl (C=O) groups is 1. The molecule has 0 spiro atoms. The van der Waals surface area contributed by atoms with Crippen LogP contribution >= 0.6 is 23.4 Å². The van der Waals surface area contributed by atoms with Crippen molar-refractivity contribution < 1.29 is 14.1 Å². The van der Waals surface area contributed by atoms with Crippen LogP contribution in [0.25, 0.3) is 0 Å². The predicted octanol–water partition coefficient (Wildman–Crippen LogP) is 3.94. The van der Waals surface area contributed by atoms with Crippen LogP contribution in [0.5, 0.6) is 0 Å². The Morgan fingerprint density at radius 2 is 1.90 bits per heavy atom. The number of rotatable bonds is 6. The standard InChI is InChI=1S/C15H13ClO3S2/c16-14-7-6-12(10-13(14)15(17)18)21(19)9-8-20-11-4-2-1-3-5-11/h1-7,10H,8-9H2,(H,17,18). The van der Waals surface area contributed by atoms with Crippen molar-refractivity contribution in [3.8, 4) is 0 Å². The van der Waals surface area contributed by atoms with E-state index in [9.17, 15) is 9.00 Å². The molecule has 2 aromatic rings. The van der Waals surface area contributed by atoms with E-state index in [1.165, 1.54) is 12.1 Å². The van der Waals surface area contributed by atoms with Crippen LogP contribution in [-0.2, 0) is 10.8 Å². The van der Waals surface area contributed by atoms with Gasteiger partial charge in [0.25, 0.3) is 0 Å². The summed E-state index contributed by atoms with van der Waals surface area (Å²) in [6.45, 7) is 0. The Bertz CT molecular complexity index is 659. The third-order valence-electron chi connectivity index (χ3n) is 2.71. The molecule has 3 nitrogen and oxygen atoms in total. The first-order chi connectivity index (χ1) is 10.1. The maximum absolute atomic E-state index is 12.2. The van der Waals surface area contributed by atoms with Crippen LogP contribution in [-0.4, -0.2) is 26.8 Å². The van der Waals surface area contributed by atoms with E-state index in [1.54, 1.807) is 17.8 Å². The van der Waals surface area contributed by atoms with E-state index in [1.807, 2.05) is 30.3 Å². The highest BCUT2D eigenvalue weighted by atomic mass is 35.5. The number of carboxylic acid groups (broad SMARTS) is 1. The molecular formula is C15H13ClO3S2. The Labute approximate surface area is 134 Å². The third-order valence-corrected chi connectivity index (χ3v) is 5.67. The zero-order chi connectivity index (χ0) is 15.2. The molecule has 0 saturated carbocycles. The fourth-order valence-corrected chi connectivity index (χ4v) is 4.11. The van der Waals surface area contributed by atoms with E-state index < -0.39 is 16.8 Å². The molecule has 2 rings (SSSR count). The predicted molar refractivity (Wildman–Crippen MR) is 86.9 cm³/mol. The number of thioether (sulfide) groups is 1. The van der Waals surface area contributed by atoms with Gasteiger partial charge >= 0.3 is 5.97 Å². The van der Waals surface area contributed by atoms with E-state index in [0.717, 1.165) is 4.90 Å². The number of benzene rings is 2. The van der Waals surface area contributed by atoms with Crippen LogP contribution in [0.4, 0.5) is 0 Å². The molecule has 1 unspecified atom stereocenters. The Morgan fingerprint density at radius 3 is 2.57 bits per heavy atom. The van der Waals surface area contributed by atoms with Crippen molar-refractivity contribution >= 4 is 40.1 Å². The van der Waals surface area contributed by atoms with Gasteiger partial charge in [-0.3, -0.25) is 4.21 Å². The molecule has 0 bridgehead atoms. The highest BCUT2D eigenvalue weighted by molar-refractivity contribution is 8.00. The molecule has 0 aliphatic carbocycles. The molecular weight excluding hydrogens is 328 g/mol. The second-order valence-electron chi connectivity index (χ2n) is 4.16. The summed E-state index contributed by atoms with van der Waals surface area (Å²) < 4.78 is 12.2. The molecule has 0 aromatic heterocycles. The lowest BCUT2D eigenvalue weighted by atomic mass is 10.2. The fourth-order valence-electron chi connectivity index (χ4n) is 1.68. The molecule has 0 aliphatic heterocycles. The molecule has 1 N–H and O–H groups in total. The number of aromatic carboxylic acids is 1. The normalized spacial score (nSPS) is 12.0. The molecule has 21 heavy (non-hydrogen) atoms. The molecule has 0 saturated heterocycles. The molecule has 0 aliphatic rings. The summed E-state index contributed by atoms with van der Waals surface area (Å²) in [5.74, 6) is 0.0413. The quantitative estimate of drug-likeness (QED) is 0.809. The maximum atomic E-state index is 12.2. The van der Waals surface area contributed by atoms with Gasteiger partial charge < -0.3 is 5.11 Å². The van der Waals surface area contributed by atoms with Gasteiger partial charge in [-0.05, 0) is 30.3 Å². The van der Waals surface area contributed by atoms with E-state index in [4.69, 9.17) is 16.7 Å². The van der Waals surface area contributed by atoms with E-state index in [-0.39, 0.29) is 10.6 Å². The second-order valence-corrected chi connectivity index (χ2v) is 7.30. The second kappa shape index (κ2) is 7.64. The molecule has 110 valence electrons. The topological polar surface area (TPSA) is 54.4 Å². The monoisotopic (exact) mass is 340 g/mol. The minimum absolute atomic E-state index is 0.0155. The number of hydrogen-bond donors (Lipinski definition) is 1. The summed E-state index contributed by atoms with van der Waals surface area (Å²) in [4.78, 5) is 12.6. The van der Waals surface area contributed by atoms with Crippen molar-refractivity contribution in [2.75, 3.05) is 11.5 Å². The molecule has 0 amide bonds. The molecule has 0 radical (unpaired) electrons. The first-order valence-electron chi connectivity index (χ1n) is 6.17. The largest absolute Gasteiger partial charge is 0.478 e. The van der Waals surface area contributed by atoms with Crippen molar-refractivity contribution in [1.29, 1.82) is 0 Å². The smallest absolute Gasteiger partial charge is 0.337 e. The Balaban J connectivity index is 1.97. The summed E-state index contributed by atoms with van der Waals surface area (Å²) in [6.07, 6.45) is 0. The van der Waals surface area contributed by atoms with Crippen molar-refractivity contribution in [2.45, 2.75) is 9.79 Å². The first kappa shape index (κ1) is 16.1. The van der Waals surface area contributed by atoms with Gasteiger partial charge in [0.05, 0.1) is 21.4 Å². The van der Waals surface area contributed by atoms with Crippen LogP contribution in [0.15, 0.2) is 58.3 Å². The van der Waals surface area contributed by atoms with Gasteiger partial charge in [0.2, 0.25) is 0 Å². The van der Waals surface area contributed by atoms with Crippen LogP contribution in [0.3, 0.4) is 0 Å². The average Bonchev–Trinajstić information content (AvgIpc) is 2.48. The molecule has 2 aromatic carbocycles. The highest BCUT2D eigenvalue weighted by Gasteiger charge is 2.12. The van der Waals surface area contributed by atoms with Crippen LogP contribution in [0, 0.1) is 0 Å². The van der Waals surface area contributed by atoms with E-state index >= 15 is 0 Å². The summed E-state index contributed by atoms with van der Waals surface area (Å²) in [5, 5.41) is 9.16. The number of hydrogen-bond acceptors (Lipinski definition) is 3. The minimum Gasteiger partial charge on any atom is -0.478 e. The van der Waals surface area contributed by atoms with Crippen molar-refractivity contribution in [3.63, 3.8) is 0 Å². The lowest BCUT2D eigenvalue weighted by molar-refractivity contribution is 0.0697. The molecule has 0 fully saturated rings. The van der Waals surface area contributed by atoms with Gasteiger partial charge in [-0.15, -0.1) is 11.8 Å². The van der Waals surface area contributed by atoms with Gasteiger partial charge in [0.15, 0.2) is 0 Å². The van der Waals surface area contributed by atoms with Crippen molar-refractivity contribution in [1.82, 2.24) is 0 Å². The Kier molecular flexibility index (Phi) is 5.85. The highest BCUT2D eigenvalue weighted by Crippen LogP contribution is 2.21. The summed E-state index contributed by atoms with van der Waals surface area (Å²) >= 11 is 7.42. The van der Waals surface area contributed by atoms with E-state index in [2.05, 4.69) is 0 Å². The van der Waals surface area contributed by atoms with Crippen molar-refractivity contribution in [2.24, 2.45) is 0 Å². The van der Waals surface area contributed by atoms with Crippen LogP contribution < -0.4 is 0 Å². The zero-order valence-electron chi connectivity index (χ0n) is 11.0. The van der Waals surface area contributed by atoms with Crippen LogP contribution in [0.1, 0.15) is 10.4 Å². The fraction of sp³-hybridized carbons (Fsp3) is 0.133. The molecule has 0 heterocycles. The van der Waals surface area contributed by atoms with E-state index in [0.29, 0.717) is 16.4 Å². The average molecular weight is 341 g/mol. The lowest BCUT2D eigenvalue weighted by Crippen LogP contribution is -2.04. The van der Waals surface area contributed by atoms with Crippen LogP contribution in [0.2, 0.25) is 5.02 Å². The third kappa shape index (κ3) is 4.59. The van der Waals surface area contributed by atoms with Gasteiger partial charge in [0, 0.05) is 21.3 Å². The maximum Gasteiger partial charge on any atom is 0.337 e. The van der Waals surface area contributed by atoms with Gasteiger partial charge in [-0.2, -0.15) is 0 Å². The molecule has 6 heteroatoms. The zero-order valence-corrected chi connectivity index (χ0v) is 13.4. The van der Waals surface area contributed by atoms with Gasteiger partial charge in [0.1, 0.15) is 0 Å².